The fourth-order valence-corrected chi connectivity index (χ4v) is 2.70. The molecule has 2 aromatic rings. The molecule has 0 aromatic heterocycles. The van der Waals surface area contributed by atoms with Crippen molar-refractivity contribution in [2.75, 3.05) is 18.0 Å². The Balaban J connectivity index is 1.88. The number of nitrogens with zero attached hydrogens (tertiary/aromatic N) is 2. The molecule has 0 radical (unpaired) electrons. The first-order valence-corrected chi connectivity index (χ1v) is 9.59. The maximum Gasteiger partial charge on any atom is 0.186 e. The van der Waals surface area contributed by atoms with Gasteiger partial charge in [0.05, 0.1) is 6.21 Å². The predicted octanol–water partition coefficient (Wildman–Crippen LogP) is 4.31. The molecular weight excluding hydrogens is 340 g/mol. The average Bonchev–Trinajstić information content (AvgIpc) is 2.68. The van der Waals surface area contributed by atoms with Gasteiger partial charge in [0.15, 0.2) is 5.11 Å². The summed E-state index contributed by atoms with van der Waals surface area (Å²) < 4.78 is 0. The molecule has 0 bridgehead atoms. The van der Waals surface area contributed by atoms with E-state index in [0.717, 1.165) is 38.0 Å². The van der Waals surface area contributed by atoms with Crippen molar-refractivity contribution in [3.63, 3.8) is 0 Å². The molecule has 4 nitrogen and oxygen atoms in total. The van der Waals surface area contributed by atoms with E-state index in [1.54, 1.807) is 6.21 Å². The number of anilines is 1. The van der Waals surface area contributed by atoms with Gasteiger partial charge in [0.2, 0.25) is 0 Å². The molecule has 26 heavy (non-hydrogen) atoms. The minimum atomic E-state index is 0.561. The van der Waals surface area contributed by atoms with Gasteiger partial charge < -0.3 is 10.2 Å². The first-order chi connectivity index (χ1) is 12.7. The number of hydrogen-bond donors (Lipinski definition) is 2. The summed E-state index contributed by atoms with van der Waals surface area (Å²) in [5.41, 5.74) is 6.41. The quantitative estimate of drug-likeness (QED) is 0.299. The zero-order valence-electron chi connectivity index (χ0n) is 15.6. The Kier molecular flexibility index (Phi) is 8.63. The van der Waals surface area contributed by atoms with E-state index in [9.17, 15) is 0 Å². The van der Waals surface area contributed by atoms with Crippen LogP contribution in [0.1, 0.15) is 37.8 Å². The van der Waals surface area contributed by atoms with Gasteiger partial charge in [0.25, 0.3) is 0 Å². The molecule has 0 amide bonds. The predicted molar refractivity (Wildman–Crippen MR) is 116 cm³/mol. The van der Waals surface area contributed by atoms with Crippen LogP contribution < -0.4 is 15.6 Å². The van der Waals surface area contributed by atoms with Crippen LogP contribution in [0.2, 0.25) is 0 Å². The lowest BCUT2D eigenvalue weighted by atomic mass is 10.1. The Labute approximate surface area is 162 Å². The van der Waals surface area contributed by atoms with E-state index in [-0.39, 0.29) is 0 Å². The molecule has 0 aliphatic carbocycles. The summed E-state index contributed by atoms with van der Waals surface area (Å²) in [6.07, 6.45) is 4.03. The molecule has 0 aliphatic heterocycles. The smallest absolute Gasteiger partial charge is 0.186 e. The fourth-order valence-electron chi connectivity index (χ4n) is 2.54. The average molecular weight is 369 g/mol. The van der Waals surface area contributed by atoms with Crippen LogP contribution in [0.5, 0.6) is 0 Å². The van der Waals surface area contributed by atoms with E-state index in [1.807, 2.05) is 6.07 Å². The van der Waals surface area contributed by atoms with E-state index in [4.69, 9.17) is 12.2 Å². The summed E-state index contributed by atoms with van der Waals surface area (Å²) in [5, 5.41) is 7.88. The van der Waals surface area contributed by atoms with Crippen molar-refractivity contribution in [2.45, 2.75) is 33.2 Å². The van der Waals surface area contributed by atoms with Crippen molar-refractivity contribution >= 4 is 29.2 Å². The Morgan fingerprint density at radius 3 is 2.46 bits per heavy atom. The summed E-state index contributed by atoms with van der Waals surface area (Å²) >= 11 is 5.17. The lowest BCUT2D eigenvalue weighted by molar-refractivity contribution is 0.745. The minimum absolute atomic E-state index is 0.561. The third kappa shape index (κ3) is 6.84. The van der Waals surface area contributed by atoms with Gasteiger partial charge in [-0.2, -0.15) is 5.10 Å². The van der Waals surface area contributed by atoms with E-state index in [1.165, 1.54) is 11.3 Å². The molecule has 2 aromatic carbocycles. The summed E-state index contributed by atoms with van der Waals surface area (Å²) in [5.74, 6) is 0. The zero-order chi connectivity index (χ0) is 18.6. The number of hydrazone groups is 1. The van der Waals surface area contributed by atoms with Gasteiger partial charge in [-0.25, -0.2) is 0 Å². The minimum Gasteiger partial charge on any atom is -0.367 e. The molecule has 0 heterocycles. The maximum absolute atomic E-state index is 5.17. The van der Waals surface area contributed by atoms with Gasteiger partial charge in [-0.05, 0) is 48.8 Å². The Bertz CT molecular complexity index is 683. The van der Waals surface area contributed by atoms with Gasteiger partial charge in [-0.15, -0.1) is 0 Å². The van der Waals surface area contributed by atoms with Crippen molar-refractivity contribution in [1.82, 2.24) is 10.7 Å². The molecule has 0 saturated heterocycles. The molecule has 138 valence electrons. The van der Waals surface area contributed by atoms with Crippen LogP contribution in [-0.4, -0.2) is 24.4 Å². The molecule has 0 saturated carbocycles. The zero-order valence-corrected chi connectivity index (χ0v) is 16.4. The van der Waals surface area contributed by atoms with Crippen molar-refractivity contribution < 1.29 is 0 Å². The number of rotatable bonds is 9. The number of nitrogens with one attached hydrogen (secondary N) is 2. The highest BCUT2D eigenvalue weighted by Gasteiger charge is 2.05. The summed E-state index contributed by atoms with van der Waals surface area (Å²) in [6.45, 7) is 7.07. The molecule has 0 atom stereocenters. The van der Waals surface area contributed by atoms with Crippen molar-refractivity contribution in [3.05, 3.63) is 65.7 Å². The second-order valence-corrected chi connectivity index (χ2v) is 6.48. The molecule has 5 heteroatoms. The van der Waals surface area contributed by atoms with E-state index >= 15 is 0 Å². The van der Waals surface area contributed by atoms with Crippen LogP contribution in [0.15, 0.2) is 59.7 Å². The third-order valence-corrected chi connectivity index (χ3v) is 4.29. The standard InChI is InChI=1S/C21H28N4S/c1-3-5-15-22-21(26)24-23-16-18-11-13-20(14-12-18)25(4-2)17-19-9-7-6-8-10-19/h6-14,16H,3-5,15,17H2,1-2H3,(H2,22,24,26)/b23-16+. The number of thiocarbonyl (C=S) groups is 1. The van der Waals surface area contributed by atoms with Crippen molar-refractivity contribution in [1.29, 1.82) is 0 Å². The van der Waals surface area contributed by atoms with Crippen LogP contribution >= 0.6 is 12.2 Å². The van der Waals surface area contributed by atoms with Crippen LogP contribution in [0, 0.1) is 0 Å². The number of unbranched alkanes of at least 4 members (excludes halogenated alkanes) is 1. The summed E-state index contributed by atoms with van der Waals surface area (Å²) in [4.78, 5) is 2.35. The molecule has 2 N–H and O–H groups in total. The van der Waals surface area contributed by atoms with Gasteiger partial charge >= 0.3 is 0 Å². The topological polar surface area (TPSA) is 39.7 Å². The first-order valence-electron chi connectivity index (χ1n) is 9.18. The Hall–Kier alpha value is -2.40. The molecular formula is C21H28N4S. The van der Waals surface area contributed by atoms with Crippen LogP contribution in [-0.2, 0) is 6.54 Å². The lowest BCUT2D eigenvalue weighted by Crippen LogP contribution is -2.32. The second-order valence-electron chi connectivity index (χ2n) is 6.07. The largest absolute Gasteiger partial charge is 0.367 e. The molecule has 0 fully saturated rings. The SMILES string of the molecule is CCCCNC(=S)N/N=C/c1ccc(N(CC)Cc2ccccc2)cc1. The van der Waals surface area contributed by atoms with Crippen LogP contribution in [0.25, 0.3) is 0 Å². The molecule has 0 aliphatic rings. The van der Waals surface area contributed by atoms with Gasteiger partial charge in [0, 0.05) is 25.3 Å². The van der Waals surface area contributed by atoms with Crippen molar-refractivity contribution in [2.24, 2.45) is 5.10 Å². The summed E-state index contributed by atoms with van der Waals surface area (Å²) in [6, 6.07) is 18.9. The molecule has 0 spiro atoms. The van der Waals surface area contributed by atoms with Gasteiger partial charge in [0.1, 0.15) is 0 Å². The van der Waals surface area contributed by atoms with Crippen molar-refractivity contribution in [3.8, 4) is 0 Å². The normalized spacial score (nSPS) is 10.7. The maximum atomic E-state index is 5.17. The number of hydrogen-bond acceptors (Lipinski definition) is 3. The lowest BCUT2D eigenvalue weighted by Gasteiger charge is -2.23. The summed E-state index contributed by atoms with van der Waals surface area (Å²) in [7, 11) is 0. The second kappa shape index (κ2) is 11.3. The number of benzene rings is 2. The highest BCUT2D eigenvalue weighted by atomic mass is 32.1. The monoisotopic (exact) mass is 368 g/mol. The first kappa shape index (κ1) is 19.9. The highest BCUT2D eigenvalue weighted by molar-refractivity contribution is 7.80. The fraction of sp³-hybridized carbons (Fsp3) is 0.333. The molecule has 2 rings (SSSR count). The highest BCUT2D eigenvalue weighted by Crippen LogP contribution is 2.17. The van der Waals surface area contributed by atoms with Crippen LogP contribution in [0.3, 0.4) is 0 Å². The molecule has 0 unspecified atom stereocenters. The van der Waals surface area contributed by atoms with E-state index < -0.39 is 0 Å². The third-order valence-electron chi connectivity index (χ3n) is 4.05. The van der Waals surface area contributed by atoms with E-state index in [2.05, 4.69) is 83.1 Å². The van der Waals surface area contributed by atoms with Crippen LogP contribution in [0.4, 0.5) is 5.69 Å². The van der Waals surface area contributed by atoms with E-state index in [0.29, 0.717) is 5.11 Å². The van der Waals surface area contributed by atoms with Gasteiger partial charge in [-0.3, -0.25) is 5.43 Å². The van der Waals surface area contributed by atoms with Gasteiger partial charge in [-0.1, -0.05) is 55.8 Å². The Morgan fingerprint density at radius 2 is 1.81 bits per heavy atom. The Morgan fingerprint density at radius 1 is 1.08 bits per heavy atom.